The second-order valence-corrected chi connectivity index (χ2v) is 4.55. The quantitative estimate of drug-likeness (QED) is 0.880. The molecule has 2 rings (SSSR count). The van der Waals surface area contributed by atoms with Crippen molar-refractivity contribution in [3.05, 3.63) is 23.5 Å². The van der Waals surface area contributed by atoms with Crippen molar-refractivity contribution in [2.45, 2.75) is 6.18 Å². The number of hydrogen-bond donors (Lipinski definition) is 2. The fraction of sp³-hybridized carbons (Fsp3) is 0.500. The number of carboxylic acids is 1. The maximum Gasteiger partial charge on any atom is 0.436 e. The first kappa shape index (κ1) is 15.5. The smallest absolute Gasteiger partial charge is 0.436 e. The van der Waals surface area contributed by atoms with Crippen LogP contribution in [0.25, 0.3) is 6.20 Å². The largest absolute Gasteiger partial charge is 0.478 e. The summed E-state index contributed by atoms with van der Waals surface area (Å²) < 4.78 is 44.2. The third kappa shape index (κ3) is 4.05. The highest BCUT2D eigenvalue weighted by atomic mass is 19.4. The maximum absolute atomic E-state index is 12.7. The molecule has 0 spiro atoms. The van der Waals surface area contributed by atoms with Gasteiger partial charge in [-0.2, -0.15) is 18.3 Å². The number of halogens is 3. The van der Waals surface area contributed by atoms with E-state index in [4.69, 9.17) is 9.84 Å². The molecular weight excluding hydrogens is 291 g/mol. The second kappa shape index (κ2) is 6.27. The number of aromatic nitrogens is 2. The van der Waals surface area contributed by atoms with Crippen molar-refractivity contribution < 1.29 is 27.8 Å². The molecule has 1 aliphatic heterocycles. The number of alkyl halides is 3. The van der Waals surface area contributed by atoms with Gasteiger partial charge in [-0.05, 0) is 0 Å². The lowest BCUT2D eigenvalue weighted by molar-refractivity contribution is -0.141. The van der Waals surface area contributed by atoms with Gasteiger partial charge in [-0.1, -0.05) is 6.08 Å². The molecule has 1 atom stereocenters. The molecule has 6 nitrogen and oxygen atoms in total. The average Bonchev–Trinajstić information content (AvgIpc) is 2.67. The molecule has 0 aliphatic carbocycles. The maximum atomic E-state index is 12.7. The van der Waals surface area contributed by atoms with Gasteiger partial charge in [0.15, 0.2) is 5.69 Å². The summed E-state index contributed by atoms with van der Waals surface area (Å²) in [4.78, 5) is 10.8. The number of carboxylic acid groups (broad SMARTS) is 1. The lowest BCUT2D eigenvalue weighted by Gasteiger charge is -2.07. The van der Waals surface area contributed by atoms with Gasteiger partial charge in [0.2, 0.25) is 0 Å². The average molecular weight is 305 g/mol. The highest BCUT2D eigenvalue weighted by Gasteiger charge is 2.39. The monoisotopic (exact) mass is 305 g/mol. The van der Waals surface area contributed by atoms with Gasteiger partial charge >= 0.3 is 12.1 Å². The van der Waals surface area contributed by atoms with Crippen LogP contribution in [-0.4, -0.2) is 47.2 Å². The molecule has 9 heteroatoms. The second-order valence-electron chi connectivity index (χ2n) is 4.55. The summed E-state index contributed by atoms with van der Waals surface area (Å²) in [6, 6.07) is 0. The SMILES string of the molecule is O=C(O)c1cn(C=CC2CNCCOC2)nc1C(F)(F)F. The zero-order valence-electron chi connectivity index (χ0n) is 10.9. The first-order valence-corrected chi connectivity index (χ1v) is 6.24. The van der Waals surface area contributed by atoms with E-state index >= 15 is 0 Å². The Morgan fingerprint density at radius 1 is 1.57 bits per heavy atom. The summed E-state index contributed by atoms with van der Waals surface area (Å²) in [5, 5.41) is 15.2. The molecule has 1 fully saturated rings. The fourth-order valence-corrected chi connectivity index (χ4v) is 1.89. The van der Waals surface area contributed by atoms with E-state index in [2.05, 4.69) is 10.4 Å². The number of ether oxygens (including phenoxy) is 1. The van der Waals surface area contributed by atoms with Gasteiger partial charge in [0.1, 0.15) is 5.56 Å². The summed E-state index contributed by atoms with van der Waals surface area (Å²) in [5.74, 6) is -1.68. The van der Waals surface area contributed by atoms with Crippen LogP contribution in [0.15, 0.2) is 12.3 Å². The van der Waals surface area contributed by atoms with Gasteiger partial charge in [-0.25, -0.2) is 9.48 Å². The molecule has 1 aliphatic rings. The molecule has 0 saturated carbocycles. The topological polar surface area (TPSA) is 76.4 Å². The van der Waals surface area contributed by atoms with Crippen molar-refractivity contribution in [1.29, 1.82) is 0 Å². The van der Waals surface area contributed by atoms with E-state index in [-0.39, 0.29) is 5.92 Å². The van der Waals surface area contributed by atoms with Crippen LogP contribution in [-0.2, 0) is 10.9 Å². The normalized spacial score (nSPS) is 20.6. The van der Waals surface area contributed by atoms with E-state index in [0.29, 0.717) is 26.3 Å². The van der Waals surface area contributed by atoms with E-state index < -0.39 is 23.4 Å². The highest BCUT2D eigenvalue weighted by molar-refractivity contribution is 5.89. The standard InChI is InChI=1S/C12H14F3N3O3/c13-12(14,15)10-9(11(19)20)6-18(17-10)3-1-8-5-16-2-4-21-7-8/h1,3,6,8,16H,2,4-5,7H2,(H,19,20). The third-order valence-corrected chi connectivity index (χ3v) is 2.90. The van der Waals surface area contributed by atoms with Crippen LogP contribution in [0.3, 0.4) is 0 Å². The van der Waals surface area contributed by atoms with Crippen molar-refractivity contribution in [3.8, 4) is 0 Å². The molecule has 0 aromatic carbocycles. The van der Waals surface area contributed by atoms with Crippen molar-refractivity contribution in [2.75, 3.05) is 26.3 Å². The zero-order valence-corrected chi connectivity index (χ0v) is 10.9. The summed E-state index contributed by atoms with van der Waals surface area (Å²) in [5.41, 5.74) is -2.28. The summed E-state index contributed by atoms with van der Waals surface area (Å²) >= 11 is 0. The van der Waals surface area contributed by atoms with E-state index in [0.717, 1.165) is 10.9 Å². The summed E-state index contributed by atoms with van der Waals surface area (Å²) in [7, 11) is 0. The molecule has 0 bridgehead atoms. The number of nitrogens with zero attached hydrogens (tertiary/aromatic N) is 2. The van der Waals surface area contributed by atoms with Gasteiger partial charge in [0.05, 0.1) is 13.2 Å². The van der Waals surface area contributed by atoms with Crippen LogP contribution in [0.1, 0.15) is 16.1 Å². The molecule has 0 radical (unpaired) electrons. The fourth-order valence-electron chi connectivity index (χ4n) is 1.89. The molecular formula is C12H14F3N3O3. The lowest BCUT2D eigenvalue weighted by atomic mass is 10.1. The molecule has 21 heavy (non-hydrogen) atoms. The lowest BCUT2D eigenvalue weighted by Crippen LogP contribution is -2.21. The van der Waals surface area contributed by atoms with E-state index in [1.54, 1.807) is 6.08 Å². The first-order valence-electron chi connectivity index (χ1n) is 6.24. The Kier molecular flexibility index (Phi) is 4.63. The van der Waals surface area contributed by atoms with Crippen LogP contribution >= 0.6 is 0 Å². The molecule has 1 aromatic heterocycles. The minimum atomic E-state index is -4.81. The third-order valence-electron chi connectivity index (χ3n) is 2.90. The minimum absolute atomic E-state index is 0.0145. The number of rotatable bonds is 3. The van der Waals surface area contributed by atoms with E-state index in [1.807, 2.05) is 0 Å². The number of hydrogen-bond acceptors (Lipinski definition) is 4. The first-order chi connectivity index (χ1) is 9.88. The van der Waals surface area contributed by atoms with Crippen LogP contribution in [0.2, 0.25) is 0 Å². The molecule has 0 amide bonds. The minimum Gasteiger partial charge on any atom is -0.478 e. The number of nitrogens with one attached hydrogen (secondary N) is 1. The van der Waals surface area contributed by atoms with Crippen LogP contribution in [0.5, 0.6) is 0 Å². The molecule has 1 aromatic rings. The Labute approximate surface area is 118 Å². The molecule has 1 saturated heterocycles. The zero-order chi connectivity index (χ0) is 15.5. The predicted molar refractivity (Wildman–Crippen MR) is 66.7 cm³/mol. The molecule has 2 N–H and O–H groups in total. The van der Waals surface area contributed by atoms with Crippen molar-refractivity contribution >= 4 is 12.2 Å². The Hall–Kier alpha value is -1.87. The van der Waals surface area contributed by atoms with Crippen LogP contribution in [0, 0.1) is 5.92 Å². The Balaban J connectivity index is 2.18. The number of aromatic carboxylic acids is 1. The Bertz CT molecular complexity index is 532. The van der Waals surface area contributed by atoms with Crippen molar-refractivity contribution in [1.82, 2.24) is 15.1 Å². The Morgan fingerprint density at radius 3 is 2.95 bits per heavy atom. The number of carbonyl (C=O) groups is 1. The predicted octanol–water partition coefficient (Wildman–Crippen LogP) is 1.31. The van der Waals surface area contributed by atoms with Gasteiger partial charge < -0.3 is 15.2 Å². The van der Waals surface area contributed by atoms with Gasteiger partial charge in [-0.3, -0.25) is 0 Å². The molecule has 2 heterocycles. The van der Waals surface area contributed by atoms with Crippen molar-refractivity contribution in [2.24, 2.45) is 5.92 Å². The Morgan fingerprint density at radius 2 is 2.33 bits per heavy atom. The summed E-state index contributed by atoms with van der Waals surface area (Å²) in [6.45, 7) is 2.37. The van der Waals surface area contributed by atoms with Crippen LogP contribution in [0.4, 0.5) is 13.2 Å². The van der Waals surface area contributed by atoms with Gasteiger partial charge in [0, 0.05) is 31.4 Å². The van der Waals surface area contributed by atoms with E-state index in [9.17, 15) is 18.0 Å². The molecule has 116 valence electrons. The summed E-state index contributed by atoms with van der Waals surface area (Å²) in [6.07, 6.45) is -1.02. The molecule has 1 unspecified atom stereocenters. The van der Waals surface area contributed by atoms with E-state index in [1.165, 1.54) is 6.20 Å². The van der Waals surface area contributed by atoms with Crippen molar-refractivity contribution in [3.63, 3.8) is 0 Å². The van der Waals surface area contributed by atoms with Crippen LogP contribution < -0.4 is 5.32 Å². The van der Waals surface area contributed by atoms with Gasteiger partial charge in [0.25, 0.3) is 0 Å². The highest BCUT2D eigenvalue weighted by Crippen LogP contribution is 2.30. The van der Waals surface area contributed by atoms with Gasteiger partial charge in [-0.15, -0.1) is 0 Å².